The van der Waals surface area contributed by atoms with Gasteiger partial charge >= 0.3 is 12.1 Å². The van der Waals surface area contributed by atoms with Crippen LogP contribution in [0.1, 0.15) is 67.9 Å². The minimum Gasteiger partial charge on any atom is -0.444 e. The van der Waals surface area contributed by atoms with E-state index in [1.54, 1.807) is 59.7 Å². The Labute approximate surface area is 236 Å². The van der Waals surface area contributed by atoms with Gasteiger partial charge in [0.05, 0.1) is 0 Å². The zero-order valence-electron chi connectivity index (χ0n) is 25.5. The number of halogens is 1. The summed E-state index contributed by atoms with van der Waals surface area (Å²) >= 11 is 0. The molecule has 0 heterocycles. The molecule has 1 aromatic carbocycles. The van der Waals surface area contributed by atoms with Crippen molar-refractivity contribution in [1.82, 2.24) is 15.1 Å². The van der Waals surface area contributed by atoms with Crippen molar-refractivity contribution < 1.29 is 33.4 Å². The number of carbonyl (C=O) groups excluding carboxylic acids is 4. The SMILES string of the molecule is C/C(=C\CN(C)C(=O)C(NC(=O)C(N(C)C(=O)OC(C)(C)C)C(C)(C)c1cccc(N)c1)C(C)(C)C)C(=O)OF. The second-order valence-corrected chi connectivity index (χ2v) is 12.6. The zero-order valence-corrected chi connectivity index (χ0v) is 25.5. The second kappa shape index (κ2) is 13.1. The standard InChI is InChI=1S/C29H45FN4O6/c1-18(25(37)40-30)15-16-33(10)24(36)21(27(2,3)4)32-23(35)22(34(11)26(38)39-28(5,6)7)29(8,9)19-13-12-14-20(31)17-19/h12-15,17,21-22H,16,31H2,1-11H3,(H,32,35)/b18-15+. The first-order valence-electron chi connectivity index (χ1n) is 13.0. The predicted octanol–water partition coefficient (Wildman–Crippen LogP) is 4.15. The number of nitrogens with two attached hydrogens (primary N) is 1. The molecule has 0 aliphatic carbocycles. The van der Waals surface area contributed by atoms with Gasteiger partial charge in [0.1, 0.15) is 17.7 Å². The number of hydrogen-bond donors (Lipinski definition) is 2. The highest BCUT2D eigenvalue weighted by Gasteiger charge is 2.45. The van der Waals surface area contributed by atoms with Gasteiger partial charge in [-0.25, -0.2) is 14.5 Å². The largest absolute Gasteiger partial charge is 0.444 e. The van der Waals surface area contributed by atoms with Crippen LogP contribution in [0.2, 0.25) is 0 Å². The first-order valence-corrected chi connectivity index (χ1v) is 13.0. The van der Waals surface area contributed by atoms with Gasteiger partial charge in [0.2, 0.25) is 11.8 Å². The van der Waals surface area contributed by atoms with Crippen molar-refractivity contribution in [3.63, 3.8) is 0 Å². The van der Waals surface area contributed by atoms with E-state index < -0.39 is 52.4 Å². The summed E-state index contributed by atoms with van der Waals surface area (Å²) < 4.78 is 17.8. The Morgan fingerprint density at radius 3 is 2.10 bits per heavy atom. The second-order valence-electron chi connectivity index (χ2n) is 12.6. The van der Waals surface area contributed by atoms with Gasteiger partial charge in [-0.15, -0.1) is 0 Å². The highest BCUT2D eigenvalue weighted by Crippen LogP contribution is 2.33. The number of hydrogen-bond acceptors (Lipinski definition) is 7. The summed E-state index contributed by atoms with van der Waals surface area (Å²) in [5.41, 5.74) is 4.71. The lowest BCUT2D eigenvalue weighted by Gasteiger charge is -2.42. The number of nitrogen functional groups attached to an aromatic ring is 1. The van der Waals surface area contributed by atoms with Gasteiger partial charge in [-0.05, 0) is 50.8 Å². The first-order chi connectivity index (χ1) is 18.1. The van der Waals surface area contributed by atoms with E-state index in [-0.39, 0.29) is 12.1 Å². The van der Waals surface area contributed by atoms with Gasteiger partial charge in [-0.3, -0.25) is 14.5 Å². The van der Waals surface area contributed by atoms with Crippen molar-refractivity contribution in [3.05, 3.63) is 41.5 Å². The summed E-state index contributed by atoms with van der Waals surface area (Å²) in [4.78, 5) is 57.9. The lowest BCUT2D eigenvalue weighted by molar-refractivity contribution is -0.178. The number of carbonyl (C=O) groups is 4. The molecule has 2 unspecified atom stereocenters. The fraction of sp³-hybridized carbons (Fsp3) is 0.586. The van der Waals surface area contributed by atoms with E-state index in [1.807, 2.05) is 19.9 Å². The zero-order chi connectivity index (χ0) is 31.2. The Morgan fingerprint density at radius 2 is 1.62 bits per heavy atom. The van der Waals surface area contributed by atoms with Gasteiger partial charge in [-0.2, -0.15) is 0 Å². The fourth-order valence-corrected chi connectivity index (χ4v) is 4.12. The molecule has 1 rings (SSSR count). The normalized spacial score (nSPS) is 14.1. The molecule has 11 heteroatoms. The molecule has 0 aromatic heterocycles. The quantitative estimate of drug-likeness (QED) is 0.340. The fourth-order valence-electron chi connectivity index (χ4n) is 4.12. The lowest BCUT2D eigenvalue weighted by Crippen LogP contribution is -2.62. The number of nitrogens with one attached hydrogen (secondary N) is 1. The Balaban J connectivity index is 3.49. The number of nitrogens with zero attached hydrogens (tertiary/aromatic N) is 2. The number of likely N-dealkylation sites (N-methyl/N-ethyl adjacent to an activating group) is 2. The molecule has 2 atom stereocenters. The van der Waals surface area contributed by atoms with E-state index in [0.29, 0.717) is 11.3 Å². The predicted molar refractivity (Wildman–Crippen MR) is 152 cm³/mol. The summed E-state index contributed by atoms with van der Waals surface area (Å²) in [7, 11) is 2.97. The molecule has 224 valence electrons. The molecule has 0 spiro atoms. The summed E-state index contributed by atoms with van der Waals surface area (Å²) in [6.45, 7) is 15.5. The van der Waals surface area contributed by atoms with E-state index in [2.05, 4.69) is 10.3 Å². The maximum atomic E-state index is 14.1. The maximum absolute atomic E-state index is 14.1. The Hall–Kier alpha value is -3.63. The van der Waals surface area contributed by atoms with E-state index in [1.165, 1.54) is 36.9 Å². The molecule has 3 amide bonds. The maximum Gasteiger partial charge on any atom is 0.410 e. The Morgan fingerprint density at radius 1 is 1.05 bits per heavy atom. The molecule has 40 heavy (non-hydrogen) atoms. The van der Waals surface area contributed by atoms with Crippen LogP contribution in [0.3, 0.4) is 0 Å². The van der Waals surface area contributed by atoms with E-state index in [0.717, 1.165) is 0 Å². The summed E-state index contributed by atoms with van der Waals surface area (Å²) in [6, 6.07) is 4.92. The third-order valence-electron chi connectivity index (χ3n) is 6.47. The van der Waals surface area contributed by atoms with Crippen molar-refractivity contribution in [1.29, 1.82) is 0 Å². The highest BCUT2D eigenvalue weighted by molar-refractivity contribution is 5.93. The molecular formula is C29H45FN4O6. The van der Waals surface area contributed by atoms with Gasteiger partial charge in [0.25, 0.3) is 0 Å². The molecule has 10 nitrogen and oxygen atoms in total. The molecule has 0 aliphatic rings. The van der Waals surface area contributed by atoms with Crippen LogP contribution in [0.4, 0.5) is 15.0 Å². The molecule has 0 radical (unpaired) electrons. The molecule has 0 bridgehead atoms. The first kappa shape index (κ1) is 34.4. The minimum absolute atomic E-state index is 0.0126. The number of amides is 3. The van der Waals surface area contributed by atoms with Crippen molar-refractivity contribution >= 4 is 29.6 Å². The van der Waals surface area contributed by atoms with Gasteiger partial charge in [0.15, 0.2) is 0 Å². The Bertz CT molecular complexity index is 1120. The summed E-state index contributed by atoms with van der Waals surface area (Å²) in [5.74, 6) is -2.17. The Kier molecular flexibility index (Phi) is 11.3. The average molecular weight is 565 g/mol. The monoisotopic (exact) mass is 564 g/mol. The number of rotatable bonds is 9. The van der Waals surface area contributed by atoms with Crippen LogP contribution in [0, 0.1) is 5.41 Å². The number of ether oxygens (including phenoxy) is 1. The minimum atomic E-state index is -1.15. The number of anilines is 1. The lowest BCUT2D eigenvalue weighted by atomic mass is 9.76. The molecule has 0 saturated carbocycles. The van der Waals surface area contributed by atoms with Gasteiger partial charge < -0.3 is 20.7 Å². The molecule has 1 aromatic rings. The van der Waals surface area contributed by atoms with Crippen LogP contribution in [0.15, 0.2) is 35.9 Å². The van der Waals surface area contributed by atoms with Gasteiger partial charge in [-0.1, -0.05) is 52.8 Å². The van der Waals surface area contributed by atoms with E-state index >= 15 is 0 Å². The van der Waals surface area contributed by atoms with Crippen molar-refractivity contribution in [2.24, 2.45) is 5.41 Å². The third-order valence-corrected chi connectivity index (χ3v) is 6.47. The van der Waals surface area contributed by atoms with Crippen LogP contribution in [-0.4, -0.2) is 72.0 Å². The average Bonchev–Trinajstić information content (AvgIpc) is 2.82. The topological polar surface area (TPSA) is 131 Å². The summed E-state index contributed by atoms with van der Waals surface area (Å²) in [5, 5.41) is 2.87. The smallest absolute Gasteiger partial charge is 0.410 e. The number of benzene rings is 1. The van der Waals surface area contributed by atoms with E-state index in [9.17, 15) is 23.7 Å². The van der Waals surface area contributed by atoms with Crippen LogP contribution < -0.4 is 11.1 Å². The summed E-state index contributed by atoms with van der Waals surface area (Å²) in [6.07, 6.45) is 0.643. The molecule has 0 fully saturated rings. The highest BCUT2D eigenvalue weighted by atomic mass is 19.3. The van der Waals surface area contributed by atoms with E-state index in [4.69, 9.17) is 10.5 Å². The van der Waals surface area contributed by atoms with Crippen molar-refractivity contribution in [3.8, 4) is 0 Å². The molecular weight excluding hydrogens is 519 g/mol. The third kappa shape index (κ3) is 9.24. The molecule has 0 aliphatic heterocycles. The van der Waals surface area contributed by atoms with Gasteiger partial charge in [0, 0.05) is 41.8 Å². The van der Waals surface area contributed by atoms with Crippen LogP contribution in [0.25, 0.3) is 0 Å². The van der Waals surface area contributed by atoms with Crippen molar-refractivity contribution in [2.45, 2.75) is 85.4 Å². The van der Waals surface area contributed by atoms with Crippen LogP contribution in [-0.2, 0) is 29.5 Å². The molecule has 3 N–H and O–H groups in total. The van der Waals surface area contributed by atoms with Crippen LogP contribution in [0.5, 0.6) is 0 Å². The molecule has 0 saturated heterocycles. The van der Waals surface area contributed by atoms with Crippen molar-refractivity contribution in [2.75, 3.05) is 26.4 Å². The van der Waals surface area contributed by atoms with Crippen LogP contribution >= 0.6 is 0 Å².